The highest BCUT2D eigenvalue weighted by Gasteiger charge is 2.37. The Morgan fingerprint density at radius 2 is 2.14 bits per heavy atom. The number of quaternary nitrogens is 1. The molecular formula is C19H23FN5O2S+. The third-order valence-corrected chi connectivity index (χ3v) is 6.56. The molecule has 148 valence electrons. The van der Waals surface area contributed by atoms with Crippen LogP contribution in [0.1, 0.15) is 42.1 Å². The van der Waals surface area contributed by atoms with Crippen LogP contribution in [0.5, 0.6) is 5.88 Å². The largest absolute Gasteiger partial charge is 0.492 e. The molecule has 1 saturated heterocycles. The van der Waals surface area contributed by atoms with Gasteiger partial charge in [0.05, 0.1) is 18.7 Å². The van der Waals surface area contributed by atoms with Gasteiger partial charge in [0.25, 0.3) is 0 Å². The zero-order valence-corrected chi connectivity index (χ0v) is 16.4. The topological polar surface area (TPSA) is 98.0 Å². The van der Waals surface area contributed by atoms with E-state index in [1.54, 1.807) is 18.2 Å². The minimum atomic E-state index is -0.395. The number of nitrogens with one attached hydrogen (secondary N) is 1. The number of halogens is 1. The molecule has 4 N–H and O–H groups in total. The van der Waals surface area contributed by atoms with Crippen molar-refractivity contribution >= 4 is 22.2 Å². The third-order valence-electron chi connectivity index (χ3n) is 5.48. The number of carbonyl (C=O) groups excluding carboxylic acids is 1. The fourth-order valence-corrected chi connectivity index (χ4v) is 5.10. The normalized spacial score (nSPS) is 21.1. The summed E-state index contributed by atoms with van der Waals surface area (Å²) in [5.41, 5.74) is 5.98. The van der Waals surface area contributed by atoms with Gasteiger partial charge in [-0.1, -0.05) is 30.4 Å². The molecule has 0 unspecified atom stereocenters. The molecule has 4 rings (SSSR count). The molecule has 0 saturated carbocycles. The Hall–Kier alpha value is -2.52. The zero-order valence-electron chi connectivity index (χ0n) is 15.6. The molecule has 9 heteroatoms. The Kier molecular flexibility index (Phi) is 5.03. The van der Waals surface area contributed by atoms with Crippen molar-refractivity contribution in [1.29, 1.82) is 0 Å². The number of hydrogen-bond donors (Lipinski definition) is 3. The van der Waals surface area contributed by atoms with Gasteiger partial charge in [-0.15, -0.1) is 5.10 Å². The Morgan fingerprint density at radius 1 is 1.43 bits per heavy atom. The van der Waals surface area contributed by atoms with Crippen molar-refractivity contribution in [3.05, 3.63) is 46.3 Å². The SMILES string of the molecule is CCc1nc2sc([C@@H](c3ccccc3F)[NH+]3CCC(C(N)=O)CC3)c(O)n2n1. The number of hydrogen-bond acceptors (Lipinski definition) is 5. The van der Waals surface area contributed by atoms with Crippen molar-refractivity contribution in [2.45, 2.75) is 32.2 Å². The van der Waals surface area contributed by atoms with E-state index in [9.17, 15) is 14.3 Å². The van der Waals surface area contributed by atoms with Crippen molar-refractivity contribution in [2.24, 2.45) is 11.7 Å². The van der Waals surface area contributed by atoms with Crippen LogP contribution in [-0.4, -0.2) is 38.7 Å². The van der Waals surface area contributed by atoms with E-state index in [4.69, 9.17) is 5.73 Å². The number of rotatable bonds is 5. The highest BCUT2D eigenvalue weighted by atomic mass is 32.1. The van der Waals surface area contributed by atoms with Gasteiger partial charge < -0.3 is 15.7 Å². The predicted molar refractivity (Wildman–Crippen MR) is 103 cm³/mol. The highest BCUT2D eigenvalue weighted by molar-refractivity contribution is 7.17. The predicted octanol–water partition coefficient (Wildman–Crippen LogP) is 1.07. The molecule has 3 aromatic rings. The monoisotopic (exact) mass is 404 g/mol. The molecule has 1 aliphatic heterocycles. The average molecular weight is 404 g/mol. The minimum Gasteiger partial charge on any atom is -0.492 e. The van der Waals surface area contributed by atoms with Crippen molar-refractivity contribution in [1.82, 2.24) is 14.6 Å². The van der Waals surface area contributed by atoms with Crippen molar-refractivity contribution in [2.75, 3.05) is 13.1 Å². The molecule has 0 aliphatic carbocycles. The van der Waals surface area contributed by atoms with Crippen molar-refractivity contribution in [3.63, 3.8) is 0 Å². The number of piperidine rings is 1. The van der Waals surface area contributed by atoms with Gasteiger partial charge in [0.2, 0.25) is 16.7 Å². The highest BCUT2D eigenvalue weighted by Crippen LogP contribution is 2.36. The summed E-state index contributed by atoms with van der Waals surface area (Å²) in [5.74, 6) is -0.0805. The Bertz CT molecular complexity index is 1010. The van der Waals surface area contributed by atoms with Crippen LogP contribution in [0.2, 0.25) is 0 Å². The van der Waals surface area contributed by atoms with Gasteiger partial charge in [0.15, 0.2) is 11.9 Å². The van der Waals surface area contributed by atoms with Crippen LogP contribution < -0.4 is 10.6 Å². The lowest BCUT2D eigenvalue weighted by atomic mass is 9.93. The summed E-state index contributed by atoms with van der Waals surface area (Å²) < 4.78 is 16.1. The number of nitrogens with two attached hydrogens (primary N) is 1. The maximum atomic E-state index is 14.7. The van der Waals surface area contributed by atoms with Crippen LogP contribution in [0.4, 0.5) is 4.39 Å². The molecule has 28 heavy (non-hydrogen) atoms. The molecule has 1 atom stereocenters. The molecule has 0 radical (unpaired) electrons. The second-order valence-electron chi connectivity index (χ2n) is 7.16. The summed E-state index contributed by atoms with van der Waals surface area (Å²) in [6.07, 6.45) is 1.97. The molecule has 3 heterocycles. The van der Waals surface area contributed by atoms with Gasteiger partial charge in [-0.05, 0) is 12.1 Å². The lowest BCUT2D eigenvalue weighted by Crippen LogP contribution is -3.13. The lowest BCUT2D eigenvalue weighted by Gasteiger charge is -2.33. The Morgan fingerprint density at radius 3 is 2.75 bits per heavy atom. The van der Waals surface area contributed by atoms with Crippen LogP contribution in [0.25, 0.3) is 4.96 Å². The number of likely N-dealkylation sites (tertiary alicyclic amines) is 1. The molecule has 1 fully saturated rings. The number of nitrogens with zero attached hydrogens (tertiary/aromatic N) is 3. The molecular weight excluding hydrogens is 381 g/mol. The molecule has 1 amide bonds. The number of amides is 1. The van der Waals surface area contributed by atoms with E-state index < -0.39 is 6.04 Å². The second-order valence-corrected chi connectivity index (χ2v) is 8.16. The van der Waals surface area contributed by atoms with E-state index in [-0.39, 0.29) is 23.5 Å². The summed E-state index contributed by atoms with van der Waals surface area (Å²) in [7, 11) is 0. The van der Waals surface area contributed by atoms with E-state index in [1.807, 2.05) is 6.92 Å². The van der Waals surface area contributed by atoms with E-state index in [0.29, 0.717) is 53.6 Å². The van der Waals surface area contributed by atoms with Gasteiger partial charge in [-0.25, -0.2) is 9.37 Å². The lowest BCUT2D eigenvalue weighted by molar-refractivity contribution is -0.930. The van der Waals surface area contributed by atoms with E-state index in [1.165, 1.54) is 21.9 Å². The van der Waals surface area contributed by atoms with Gasteiger partial charge in [-0.3, -0.25) is 4.79 Å². The molecule has 2 aromatic heterocycles. The summed E-state index contributed by atoms with van der Waals surface area (Å²) >= 11 is 1.33. The smallest absolute Gasteiger partial charge is 0.235 e. The Labute approximate surface area is 165 Å². The van der Waals surface area contributed by atoms with Gasteiger partial charge in [0, 0.05) is 25.2 Å². The van der Waals surface area contributed by atoms with Crippen LogP contribution in [0, 0.1) is 11.7 Å². The number of fused-ring (bicyclic) bond motifs is 1. The van der Waals surface area contributed by atoms with E-state index >= 15 is 0 Å². The third kappa shape index (κ3) is 3.24. The van der Waals surface area contributed by atoms with Gasteiger partial charge in [0.1, 0.15) is 10.7 Å². The first-order valence-electron chi connectivity index (χ1n) is 9.45. The number of aromatic hydroxyl groups is 1. The first kappa shape index (κ1) is 18.8. The fraction of sp³-hybridized carbons (Fsp3) is 0.421. The first-order valence-corrected chi connectivity index (χ1v) is 10.3. The summed E-state index contributed by atoms with van der Waals surface area (Å²) in [5, 5.41) is 15.2. The first-order chi connectivity index (χ1) is 13.5. The number of aryl methyl sites for hydroxylation is 1. The number of thiazole rings is 1. The Balaban J connectivity index is 1.76. The molecule has 1 aromatic carbocycles. The quantitative estimate of drug-likeness (QED) is 0.592. The maximum Gasteiger partial charge on any atom is 0.235 e. The number of carbonyl (C=O) groups is 1. The van der Waals surface area contributed by atoms with E-state index in [0.717, 1.165) is 4.90 Å². The summed E-state index contributed by atoms with van der Waals surface area (Å²) in [6.45, 7) is 3.28. The van der Waals surface area contributed by atoms with E-state index in [2.05, 4.69) is 10.1 Å². The number of benzene rings is 1. The summed E-state index contributed by atoms with van der Waals surface area (Å²) in [6, 6.07) is 6.24. The molecule has 1 aliphatic rings. The fourth-order valence-electron chi connectivity index (χ4n) is 3.95. The van der Waals surface area contributed by atoms with Crippen LogP contribution in [0.15, 0.2) is 24.3 Å². The molecule has 0 spiro atoms. The maximum absolute atomic E-state index is 14.7. The minimum absolute atomic E-state index is 0.00461. The van der Waals surface area contributed by atoms with Gasteiger partial charge in [-0.2, -0.15) is 4.52 Å². The van der Waals surface area contributed by atoms with Crippen LogP contribution in [-0.2, 0) is 11.2 Å². The second kappa shape index (κ2) is 7.48. The molecule has 0 bridgehead atoms. The van der Waals surface area contributed by atoms with Crippen LogP contribution >= 0.6 is 11.3 Å². The summed E-state index contributed by atoms with van der Waals surface area (Å²) in [4.78, 5) is 18.3. The van der Waals surface area contributed by atoms with Gasteiger partial charge >= 0.3 is 0 Å². The molecule has 7 nitrogen and oxygen atoms in total. The number of aromatic nitrogens is 3. The van der Waals surface area contributed by atoms with Crippen molar-refractivity contribution < 1.29 is 19.2 Å². The van der Waals surface area contributed by atoms with Crippen LogP contribution in [0.3, 0.4) is 0 Å². The van der Waals surface area contributed by atoms with Crippen molar-refractivity contribution in [3.8, 4) is 5.88 Å². The zero-order chi connectivity index (χ0) is 19.8. The number of primary amides is 1. The standard InChI is InChI=1S/C19H22FN5O2S/c1-2-14-22-19-25(23-14)18(27)16(28-19)15(12-5-3-4-6-13(12)20)24-9-7-11(8-10-24)17(21)26/h3-6,11,15,27H,2,7-10H2,1H3,(H2,21,26)/p+1/t15-/m1/s1. The average Bonchev–Trinajstić information content (AvgIpc) is 3.23.